The van der Waals surface area contributed by atoms with E-state index in [1.54, 1.807) is 19.2 Å². The Morgan fingerprint density at radius 3 is 2.79 bits per heavy atom. The fourth-order valence-electron chi connectivity index (χ4n) is 4.37. The molecule has 0 atom stereocenters. The van der Waals surface area contributed by atoms with Crippen molar-refractivity contribution in [2.45, 2.75) is 19.4 Å². The molecule has 174 valence electrons. The van der Waals surface area contributed by atoms with Crippen LogP contribution in [0.2, 0.25) is 0 Å². The minimum absolute atomic E-state index is 0.0313. The highest BCUT2D eigenvalue weighted by Gasteiger charge is 2.28. The van der Waals surface area contributed by atoms with Crippen molar-refractivity contribution in [3.63, 3.8) is 0 Å². The molecule has 0 unspecified atom stereocenters. The molecule has 0 bridgehead atoms. The van der Waals surface area contributed by atoms with Crippen LogP contribution in [0, 0.1) is 11.7 Å². The predicted molar refractivity (Wildman–Crippen MR) is 125 cm³/mol. The van der Waals surface area contributed by atoms with Gasteiger partial charge in [0.25, 0.3) is 5.71 Å². The topological polar surface area (TPSA) is 93.4 Å². The molecule has 1 aliphatic heterocycles. The standard InChI is InChI=1S/C25H24FN5O3/c1-33-20-8-3-2-5-18(20)14-27-24(32)16-9-11-31(12-10-16)23-21-22(17-6-4-7-19(26)13-17)30-34-25(21)29-15-28-23/h2-8,13,15-16H,9-12,14H2,1H3,(H,27,32). The van der Waals surface area contributed by atoms with Crippen molar-refractivity contribution in [1.29, 1.82) is 0 Å². The highest BCUT2D eigenvalue weighted by molar-refractivity contribution is 5.98. The quantitative estimate of drug-likeness (QED) is 0.464. The summed E-state index contributed by atoms with van der Waals surface area (Å²) < 4.78 is 24.6. The SMILES string of the molecule is COc1ccccc1CNC(=O)C1CCN(c2ncnc3onc(-c4cccc(F)c4)c23)CC1. The summed E-state index contributed by atoms with van der Waals surface area (Å²) in [6, 6.07) is 13.8. The van der Waals surface area contributed by atoms with Gasteiger partial charge in [-0.25, -0.2) is 9.37 Å². The van der Waals surface area contributed by atoms with E-state index in [4.69, 9.17) is 9.26 Å². The van der Waals surface area contributed by atoms with Gasteiger partial charge < -0.3 is 19.5 Å². The van der Waals surface area contributed by atoms with Crippen LogP contribution in [0.4, 0.5) is 10.2 Å². The number of amides is 1. The molecule has 1 fully saturated rings. The molecule has 1 aliphatic rings. The summed E-state index contributed by atoms with van der Waals surface area (Å²) in [6.45, 7) is 1.71. The maximum atomic E-state index is 13.8. The monoisotopic (exact) mass is 461 g/mol. The highest BCUT2D eigenvalue weighted by atomic mass is 19.1. The van der Waals surface area contributed by atoms with Crippen LogP contribution < -0.4 is 15.0 Å². The first-order valence-corrected chi connectivity index (χ1v) is 11.1. The van der Waals surface area contributed by atoms with Gasteiger partial charge >= 0.3 is 0 Å². The van der Waals surface area contributed by atoms with Crippen molar-refractivity contribution in [2.75, 3.05) is 25.1 Å². The van der Waals surface area contributed by atoms with Gasteiger partial charge in [0.15, 0.2) is 0 Å². The highest BCUT2D eigenvalue weighted by Crippen LogP contribution is 2.35. The van der Waals surface area contributed by atoms with E-state index >= 15 is 0 Å². The number of aromatic nitrogens is 3. The van der Waals surface area contributed by atoms with E-state index in [-0.39, 0.29) is 17.6 Å². The summed E-state index contributed by atoms with van der Waals surface area (Å²) in [5.41, 5.74) is 2.39. The molecule has 0 radical (unpaired) electrons. The van der Waals surface area contributed by atoms with Crippen molar-refractivity contribution in [2.24, 2.45) is 5.92 Å². The van der Waals surface area contributed by atoms with Crippen LogP contribution in [-0.2, 0) is 11.3 Å². The van der Waals surface area contributed by atoms with E-state index in [1.165, 1.54) is 18.5 Å². The molecule has 0 aliphatic carbocycles. The van der Waals surface area contributed by atoms with Crippen molar-refractivity contribution in [3.8, 4) is 17.0 Å². The lowest BCUT2D eigenvalue weighted by molar-refractivity contribution is -0.125. The van der Waals surface area contributed by atoms with Crippen LogP contribution >= 0.6 is 0 Å². The molecular weight excluding hydrogens is 437 g/mol. The Bertz CT molecular complexity index is 1320. The Hall–Kier alpha value is -4.01. The number of hydrogen-bond acceptors (Lipinski definition) is 7. The summed E-state index contributed by atoms with van der Waals surface area (Å²) in [7, 11) is 1.62. The summed E-state index contributed by atoms with van der Waals surface area (Å²) >= 11 is 0. The average Bonchev–Trinajstić information content (AvgIpc) is 3.32. The number of carbonyl (C=O) groups is 1. The maximum Gasteiger partial charge on any atom is 0.263 e. The number of nitrogens with zero attached hydrogens (tertiary/aromatic N) is 4. The number of benzene rings is 2. The molecule has 0 spiro atoms. The van der Waals surface area contributed by atoms with Crippen LogP contribution in [0.15, 0.2) is 59.4 Å². The first kappa shape index (κ1) is 21.8. The summed E-state index contributed by atoms with van der Waals surface area (Å²) in [5, 5.41) is 7.81. The van der Waals surface area contributed by atoms with Crippen LogP contribution in [-0.4, -0.2) is 41.2 Å². The number of methoxy groups -OCH3 is 1. The first-order valence-electron chi connectivity index (χ1n) is 11.1. The van der Waals surface area contributed by atoms with Gasteiger partial charge in [-0.2, -0.15) is 4.98 Å². The third kappa shape index (κ3) is 4.28. The number of nitrogens with one attached hydrogen (secondary N) is 1. The minimum atomic E-state index is -0.355. The van der Waals surface area contributed by atoms with Crippen LogP contribution in [0.1, 0.15) is 18.4 Å². The zero-order valence-electron chi connectivity index (χ0n) is 18.7. The Morgan fingerprint density at radius 1 is 1.18 bits per heavy atom. The average molecular weight is 461 g/mol. The molecule has 5 rings (SSSR count). The molecule has 1 saturated heterocycles. The van der Waals surface area contributed by atoms with E-state index in [0.29, 0.717) is 60.7 Å². The number of halogens is 1. The van der Waals surface area contributed by atoms with Gasteiger partial charge in [-0.3, -0.25) is 4.79 Å². The normalized spacial score (nSPS) is 14.4. The molecule has 0 saturated carbocycles. The van der Waals surface area contributed by atoms with Crippen molar-refractivity contribution in [3.05, 3.63) is 66.2 Å². The molecule has 1 amide bonds. The fourth-order valence-corrected chi connectivity index (χ4v) is 4.37. The number of piperidine rings is 1. The van der Waals surface area contributed by atoms with E-state index in [9.17, 15) is 9.18 Å². The van der Waals surface area contributed by atoms with Gasteiger partial charge in [0, 0.05) is 36.7 Å². The molecular formula is C25H24FN5O3. The van der Waals surface area contributed by atoms with Crippen LogP contribution in [0.25, 0.3) is 22.4 Å². The molecule has 8 nitrogen and oxygen atoms in total. The number of fused-ring (bicyclic) bond motifs is 1. The van der Waals surface area contributed by atoms with Crippen LogP contribution in [0.5, 0.6) is 5.75 Å². The second-order valence-electron chi connectivity index (χ2n) is 8.21. The van der Waals surface area contributed by atoms with Gasteiger partial charge in [-0.15, -0.1) is 0 Å². The van der Waals surface area contributed by atoms with Gasteiger partial charge in [0.1, 0.15) is 34.8 Å². The Kier molecular flexibility index (Phi) is 6.07. The molecule has 1 N–H and O–H groups in total. The maximum absolute atomic E-state index is 13.8. The van der Waals surface area contributed by atoms with Crippen molar-refractivity contribution < 1.29 is 18.4 Å². The van der Waals surface area contributed by atoms with Gasteiger partial charge in [-0.05, 0) is 31.0 Å². The molecule has 2 aromatic heterocycles. The van der Waals surface area contributed by atoms with Crippen LogP contribution in [0.3, 0.4) is 0 Å². The van der Waals surface area contributed by atoms with Crippen molar-refractivity contribution in [1.82, 2.24) is 20.4 Å². The number of carbonyl (C=O) groups excluding carboxylic acids is 1. The third-order valence-corrected chi connectivity index (χ3v) is 6.16. The lowest BCUT2D eigenvalue weighted by Gasteiger charge is -2.32. The largest absolute Gasteiger partial charge is 0.496 e. The van der Waals surface area contributed by atoms with E-state index in [0.717, 1.165) is 11.3 Å². The first-order chi connectivity index (χ1) is 16.6. The van der Waals surface area contributed by atoms with Gasteiger partial charge in [-0.1, -0.05) is 35.5 Å². The third-order valence-electron chi connectivity index (χ3n) is 6.16. The summed E-state index contributed by atoms with van der Waals surface area (Å²) in [5.74, 6) is 1.02. The zero-order chi connectivity index (χ0) is 23.5. The lowest BCUT2D eigenvalue weighted by Crippen LogP contribution is -2.40. The summed E-state index contributed by atoms with van der Waals surface area (Å²) in [6.07, 6.45) is 2.80. The predicted octanol–water partition coefficient (Wildman–Crippen LogP) is 3.97. The molecule has 3 heterocycles. The molecule has 9 heteroatoms. The van der Waals surface area contributed by atoms with Crippen molar-refractivity contribution >= 4 is 22.8 Å². The van der Waals surface area contributed by atoms with Gasteiger partial charge in [0.05, 0.1) is 7.11 Å². The Labute approximate surface area is 195 Å². The molecule has 4 aromatic rings. The second kappa shape index (κ2) is 9.46. The second-order valence-corrected chi connectivity index (χ2v) is 8.21. The number of ether oxygens (including phenoxy) is 1. The summed E-state index contributed by atoms with van der Waals surface area (Å²) in [4.78, 5) is 23.6. The fraction of sp³-hybridized carbons (Fsp3) is 0.280. The number of hydrogen-bond donors (Lipinski definition) is 1. The lowest BCUT2D eigenvalue weighted by atomic mass is 9.95. The van der Waals surface area contributed by atoms with Gasteiger partial charge in [0.2, 0.25) is 5.91 Å². The Morgan fingerprint density at radius 2 is 2.00 bits per heavy atom. The number of rotatable bonds is 6. The minimum Gasteiger partial charge on any atom is -0.496 e. The smallest absolute Gasteiger partial charge is 0.263 e. The Balaban J connectivity index is 1.29. The zero-order valence-corrected chi connectivity index (χ0v) is 18.7. The molecule has 2 aromatic carbocycles. The van der Waals surface area contributed by atoms with E-state index in [1.807, 2.05) is 24.3 Å². The van der Waals surface area contributed by atoms with E-state index < -0.39 is 0 Å². The number of para-hydroxylation sites is 1. The number of anilines is 1. The molecule has 34 heavy (non-hydrogen) atoms. The van der Waals surface area contributed by atoms with E-state index in [2.05, 4.69) is 25.3 Å².